The van der Waals surface area contributed by atoms with Crippen LogP contribution in [0.5, 0.6) is 0 Å². The van der Waals surface area contributed by atoms with Gasteiger partial charge in [-0.15, -0.1) is 0 Å². The largest absolute Gasteiger partial charge is 0.521 e. The molecule has 16 heavy (non-hydrogen) atoms. The van der Waals surface area contributed by atoms with Gasteiger partial charge in [0.1, 0.15) is 0 Å². The second kappa shape index (κ2) is 6.61. The molecule has 0 heterocycles. The Kier molecular flexibility index (Phi) is 5.43. The first-order valence-corrected chi connectivity index (χ1v) is 6.93. The van der Waals surface area contributed by atoms with Gasteiger partial charge >= 0.3 is 8.80 Å². The average Bonchev–Trinajstić information content (AvgIpc) is 2.36. The molecule has 5 nitrogen and oxygen atoms in total. The molecule has 0 amide bonds. The molecule has 0 saturated carbocycles. The fourth-order valence-corrected chi connectivity index (χ4v) is 2.76. The first-order valence-electron chi connectivity index (χ1n) is 4.99. The topological polar surface area (TPSA) is 65.7 Å². The Balaban J connectivity index is 2.56. The van der Waals surface area contributed by atoms with Crippen molar-refractivity contribution < 1.29 is 13.3 Å². The second-order valence-corrected chi connectivity index (χ2v) is 5.95. The molecule has 0 aliphatic heterocycles. The standard InChI is InChI=1S/C10H18N2O3Si/c1-13-16(14-2,15-8-11)9-12-10-6-4-3-5-7-10/h3-7,12H,8-9,11H2,1-2H3. The van der Waals surface area contributed by atoms with E-state index < -0.39 is 8.80 Å². The van der Waals surface area contributed by atoms with E-state index in [2.05, 4.69) is 5.32 Å². The van der Waals surface area contributed by atoms with Gasteiger partial charge in [0.2, 0.25) is 0 Å². The highest BCUT2D eigenvalue weighted by molar-refractivity contribution is 6.61. The van der Waals surface area contributed by atoms with Crippen molar-refractivity contribution in [1.82, 2.24) is 0 Å². The van der Waals surface area contributed by atoms with Crippen molar-refractivity contribution in [3.05, 3.63) is 30.3 Å². The van der Waals surface area contributed by atoms with E-state index in [1.807, 2.05) is 30.3 Å². The Morgan fingerprint density at radius 1 is 1.19 bits per heavy atom. The van der Waals surface area contributed by atoms with E-state index in [9.17, 15) is 0 Å². The monoisotopic (exact) mass is 242 g/mol. The third kappa shape index (κ3) is 3.58. The van der Waals surface area contributed by atoms with Crippen LogP contribution in [0.1, 0.15) is 0 Å². The van der Waals surface area contributed by atoms with Crippen molar-refractivity contribution in [3.63, 3.8) is 0 Å². The smallest absolute Gasteiger partial charge is 0.381 e. The minimum absolute atomic E-state index is 0.0877. The summed E-state index contributed by atoms with van der Waals surface area (Å²) in [5.41, 5.74) is 6.35. The third-order valence-electron chi connectivity index (χ3n) is 2.21. The van der Waals surface area contributed by atoms with Crippen LogP contribution in [0.15, 0.2) is 30.3 Å². The van der Waals surface area contributed by atoms with Crippen molar-refractivity contribution in [3.8, 4) is 0 Å². The Hall–Kier alpha value is -0.923. The van der Waals surface area contributed by atoms with Gasteiger partial charge in [-0.05, 0) is 12.1 Å². The van der Waals surface area contributed by atoms with E-state index in [1.165, 1.54) is 0 Å². The third-order valence-corrected chi connectivity index (χ3v) is 4.67. The van der Waals surface area contributed by atoms with E-state index in [0.717, 1.165) is 5.69 Å². The molecule has 0 fully saturated rings. The number of nitrogens with two attached hydrogens (primary N) is 1. The van der Waals surface area contributed by atoms with E-state index in [1.54, 1.807) is 14.2 Å². The van der Waals surface area contributed by atoms with Gasteiger partial charge in [0.25, 0.3) is 0 Å². The van der Waals surface area contributed by atoms with Crippen LogP contribution >= 0.6 is 0 Å². The van der Waals surface area contributed by atoms with Crippen molar-refractivity contribution >= 4 is 14.5 Å². The number of rotatable bonds is 7. The lowest BCUT2D eigenvalue weighted by Crippen LogP contribution is -2.51. The van der Waals surface area contributed by atoms with Crippen LogP contribution in [-0.4, -0.2) is 35.9 Å². The lowest BCUT2D eigenvalue weighted by molar-refractivity contribution is 0.104. The predicted octanol–water partition coefficient (Wildman–Crippen LogP) is 0.802. The minimum Gasteiger partial charge on any atom is -0.381 e. The summed E-state index contributed by atoms with van der Waals surface area (Å²) in [7, 11) is 0.473. The summed E-state index contributed by atoms with van der Waals surface area (Å²) in [6.45, 7) is 0.0877. The van der Waals surface area contributed by atoms with Gasteiger partial charge < -0.3 is 24.3 Å². The molecule has 0 radical (unpaired) electrons. The summed E-state index contributed by atoms with van der Waals surface area (Å²) >= 11 is 0. The van der Waals surface area contributed by atoms with Gasteiger partial charge in [-0.2, -0.15) is 0 Å². The van der Waals surface area contributed by atoms with Crippen LogP contribution in [0.2, 0.25) is 0 Å². The molecule has 0 saturated heterocycles. The molecule has 0 aliphatic carbocycles. The Morgan fingerprint density at radius 3 is 2.31 bits per heavy atom. The van der Waals surface area contributed by atoms with E-state index in [-0.39, 0.29) is 6.73 Å². The quantitative estimate of drug-likeness (QED) is 0.547. The number of nitrogens with one attached hydrogen (secondary N) is 1. The van der Waals surface area contributed by atoms with E-state index in [0.29, 0.717) is 6.17 Å². The molecule has 0 aliphatic rings. The van der Waals surface area contributed by atoms with Crippen molar-refractivity contribution in [2.45, 2.75) is 0 Å². The normalized spacial score (nSPS) is 11.4. The number of hydrogen-bond donors (Lipinski definition) is 2. The van der Waals surface area contributed by atoms with Gasteiger partial charge in [0, 0.05) is 19.9 Å². The van der Waals surface area contributed by atoms with Crippen LogP contribution in [0.4, 0.5) is 5.69 Å². The second-order valence-electron chi connectivity index (χ2n) is 3.12. The van der Waals surface area contributed by atoms with Gasteiger partial charge in [0.15, 0.2) is 0 Å². The molecule has 0 atom stereocenters. The van der Waals surface area contributed by atoms with E-state index in [4.69, 9.17) is 19.0 Å². The van der Waals surface area contributed by atoms with Crippen LogP contribution < -0.4 is 11.1 Å². The zero-order valence-electron chi connectivity index (χ0n) is 9.60. The minimum atomic E-state index is -2.66. The first-order chi connectivity index (χ1) is 7.76. The molecule has 1 aromatic carbocycles. The molecule has 3 N–H and O–H groups in total. The van der Waals surface area contributed by atoms with Crippen LogP contribution in [-0.2, 0) is 13.3 Å². The summed E-state index contributed by atoms with van der Waals surface area (Å²) in [5.74, 6) is 0. The fraction of sp³-hybridized carbons (Fsp3) is 0.400. The lowest BCUT2D eigenvalue weighted by Gasteiger charge is -2.26. The predicted molar refractivity (Wildman–Crippen MR) is 64.8 cm³/mol. The SMILES string of the molecule is CO[Si](CNc1ccccc1)(OC)OCN. The first kappa shape index (κ1) is 13.1. The van der Waals surface area contributed by atoms with Crippen molar-refractivity contribution in [2.24, 2.45) is 5.73 Å². The molecule has 6 heteroatoms. The Labute approximate surface area is 96.9 Å². The maximum Gasteiger partial charge on any atom is 0.521 e. The van der Waals surface area contributed by atoms with Crippen LogP contribution in [0, 0.1) is 0 Å². The average molecular weight is 242 g/mol. The highest BCUT2D eigenvalue weighted by Crippen LogP contribution is 2.10. The van der Waals surface area contributed by atoms with Gasteiger partial charge in [-0.3, -0.25) is 0 Å². The molecule has 0 aromatic heterocycles. The summed E-state index contributed by atoms with van der Waals surface area (Å²) in [6.07, 6.45) is 0.487. The van der Waals surface area contributed by atoms with E-state index >= 15 is 0 Å². The summed E-state index contributed by atoms with van der Waals surface area (Å²) < 4.78 is 16.0. The summed E-state index contributed by atoms with van der Waals surface area (Å²) in [5, 5.41) is 3.20. The summed E-state index contributed by atoms with van der Waals surface area (Å²) in [6, 6.07) is 9.79. The molecule has 1 aromatic rings. The molecule has 1 rings (SSSR count). The Bertz CT molecular complexity index is 293. The maximum atomic E-state index is 5.36. The van der Waals surface area contributed by atoms with Gasteiger partial charge in [-0.1, -0.05) is 18.2 Å². The number of anilines is 1. The molecule has 90 valence electrons. The molecule has 0 spiro atoms. The highest BCUT2D eigenvalue weighted by Gasteiger charge is 2.38. The molecular formula is C10H18N2O3Si. The molecule has 0 unspecified atom stereocenters. The van der Waals surface area contributed by atoms with Crippen molar-refractivity contribution in [1.29, 1.82) is 0 Å². The van der Waals surface area contributed by atoms with Crippen LogP contribution in [0.25, 0.3) is 0 Å². The zero-order valence-corrected chi connectivity index (χ0v) is 10.6. The fourth-order valence-electron chi connectivity index (χ4n) is 1.29. The molecule has 0 bridgehead atoms. The van der Waals surface area contributed by atoms with Gasteiger partial charge in [-0.25, -0.2) is 0 Å². The lowest BCUT2D eigenvalue weighted by atomic mass is 10.3. The summed E-state index contributed by atoms with van der Waals surface area (Å²) in [4.78, 5) is 0. The molecular weight excluding hydrogens is 224 g/mol. The highest BCUT2D eigenvalue weighted by atomic mass is 28.4. The van der Waals surface area contributed by atoms with Crippen LogP contribution in [0.3, 0.4) is 0 Å². The van der Waals surface area contributed by atoms with Gasteiger partial charge in [0.05, 0.1) is 12.9 Å². The number of benzene rings is 1. The Morgan fingerprint density at radius 2 is 1.81 bits per heavy atom. The number of para-hydroxylation sites is 1. The van der Waals surface area contributed by atoms with Crippen molar-refractivity contribution in [2.75, 3.05) is 32.4 Å². The zero-order chi connectivity index (χ0) is 11.9. The maximum absolute atomic E-state index is 5.36. The number of hydrogen-bond acceptors (Lipinski definition) is 5.